The first-order valence-corrected chi connectivity index (χ1v) is 7.49. The van der Waals surface area contributed by atoms with Gasteiger partial charge < -0.3 is 4.74 Å². The van der Waals surface area contributed by atoms with E-state index in [9.17, 15) is 0 Å². The van der Waals surface area contributed by atoms with E-state index in [2.05, 4.69) is 26.5 Å². The summed E-state index contributed by atoms with van der Waals surface area (Å²) in [5, 5.41) is 0.767. The van der Waals surface area contributed by atoms with Gasteiger partial charge in [-0.05, 0) is 55.7 Å². The molecule has 1 aromatic carbocycles. The van der Waals surface area contributed by atoms with Gasteiger partial charge in [0.25, 0.3) is 0 Å². The second kappa shape index (κ2) is 6.72. The van der Waals surface area contributed by atoms with Crippen LogP contribution in [-0.2, 0) is 0 Å². The minimum atomic E-state index is 0.168. The van der Waals surface area contributed by atoms with Crippen LogP contribution in [0.25, 0.3) is 0 Å². The standard InChI is InChI=1S/C15H23ClOS/c1-5-15(6-2,10-18)9-17-14-11(3)7-13(16)8-12(14)4/h7-8,18H,5-6,9-10H2,1-4H3. The van der Waals surface area contributed by atoms with Crippen molar-refractivity contribution in [1.29, 1.82) is 0 Å². The number of ether oxygens (including phenoxy) is 1. The number of aryl methyl sites for hydroxylation is 2. The zero-order valence-corrected chi connectivity index (χ0v) is 13.4. The highest BCUT2D eigenvalue weighted by atomic mass is 35.5. The number of benzene rings is 1. The Morgan fingerprint density at radius 1 is 1.17 bits per heavy atom. The molecule has 18 heavy (non-hydrogen) atoms. The van der Waals surface area contributed by atoms with Gasteiger partial charge in [-0.25, -0.2) is 0 Å². The summed E-state index contributed by atoms with van der Waals surface area (Å²) < 4.78 is 6.05. The number of hydrogen-bond acceptors (Lipinski definition) is 2. The van der Waals surface area contributed by atoms with Crippen molar-refractivity contribution in [3.8, 4) is 5.75 Å². The molecule has 0 aliphatic heterocycles. The molecule has 0 spiro atoms. The summed E-state index contributed by atoms with van der Waals surface area (Å²) in [6, 6.07) is 3.90. The van der Waals surface area contributed by atoms with Crippen molar-refractivity contribution >= 4 is 24.2 Å². The Hall–Kier alpha value is -0.340. The average molecular weight is 287 g/mol. The highest BCUT2D eigenvalue weighted by Gasteiger charge is 2.26. The van der Waals surface area contributed by atoms with Gasteiger partial charge in [0.05, 0.1) is 6.61 Å². The van der Waals surface area contributed by atoms with E-state index < -0.39 is 0 Å². The largest absolute Gasteiger partial charge is 0.492 e. The molecular formula is C15H23ClOS. The van der Waals surface area contributed by atoms with Crippen LogP contribution in [0.5, 0.6) is 5.75 Å². The quantitative estimate of drug-likeness (QED) is 0.718. The van der Waals surface area contributed by atoms with Gasteiger partial charge in [-0.1, -0.05) is 25.4 Å². The van der Waals surface area contributed by atoms with Gasteiger partial charge in [-0.3, -0.25) is 0 Å². The Morgan fingerprint density at radius 2 is 1.67 bits per heavy atom. The normalized spacial score (nSPS) is 11.7. The number of hydrogen-bond donors (Lipinski definition) is 1. The summed E-state index contributed by atoms with van der Waals surface area (Å²) >= 11 is 10.5. The molecule has 1 nitrogen and oxygen atoms in total. The number of halogens is 1. The molecule has 0 radical (unpaired) electrons. The second-order valence-corrected chi connectivity index (χ2v) is 5.78. The van der Waals surface area contributed by atoms with Gasteiger partial charge in [-0.15, -0.1) is 0 Å². The van der Waals surface area contributed by atoms with Crippen molar-refractivity contribution in [1.82, 2.24) is 0 Å². The molecule has 3 heteroatoms. The highest BCUT2D eigenvalue weighted by Crippen LogP contribution is 2.32. The van der Waals surface area contributed by atoms with Crippen molar-refractivity contribution in [2.75, 3.05) is 12.4 Å². The van der Waals surface area contributed by atoms with Crippen LogP contribution in [-0.4, -0.2) is 12.4 Å². The smallest absolute Gasteiger partial charge is 0.125 e. The molecule has 0 heterocycles. The summed E-state index contributed by atoms with van der Waals surface area (Å²) in [6.45, 7) is 9.19. The monoisotopic (exact) mass is 286 g/mol. The molecule has 1 rings (SSSR count). The third-order valence-corrected chi connectivity index (χ3v) is 4.67. The van der Waals surface area contributed by atoms with E-state index in [4.69, 9.17) is 16.3 Å². The van der Waals surface area contributed by atoms with Gasteiger partial charge >= 0.3 is 0 Å². The molecule has 0 aliphatic rings. The van der Waals surface area contributed by atoms with E-state index in [1.54, 1.807) is 0 Å². The van der Waals surface area contributed by atoms with Gasteiger partial charge in [0.1, 0.15) is 5.75 Å². The molecule has 0 amide bonds. The minimum Gasteiger partial charge on any atom is -0.492 e. The number of thiol groups is 1. The first kappa shape index (κ1) is 15.7. The van der Waals surface area contributed by atoms with E-state index >= 15 is 0 Å². The maximum atomic E-state index is 6.05. The molecule has 0 aliphatic carbocycles. The van der Waals surface area contributed by atoms with Crippen LogP contribution in [0.3, 0.4) is 0 Å². The van der Waals surface area contributed by atoms with Crippen molar-refractivity contribution in [3.05, 3.63) is 28.3 Å². The topological polar surface area (TPSA) is 9.23 Å². The van der Waals surface area contributed by atoms with Gasteiger partial charge in [0.15, 0.2) is 0 Å². The van der Waals surface area contributed by atoms with Crippen LogP contribution in [0.15, 0.2) is 12.1 Å². The third-order valence-electron chi connectivity index (χ3n) is 3.78. The molecule has 0 N–H and O–H groups in total. The first-order valence-electron chi connectivity index (χ1n) is 6.48. The van der Waals surface area contributed by atoms with Crippen LogP contribution < -0.4 is 4.74 Å². The van der Waals surface area contributed by atoms with Gasteiger partial charge in [0, 0.05) is 10.4 Å². The molecule has 0 aromatic heterocycles. The lowest BCUT2D eigenvalue weighted by atomic mass is 9.85. The van der Waals surface area contributed by atoms with Crippen molar-refractivity contribution in [2.45, 2.75) is 40.5 Å². The Bertz CT molecular complexity index is 368. The lowest BCUT2D eigenvalue weighted by Crippen LogP contribution is -2.29. The Balaban J connectivity index is 2.86. The molecule has 0 saturated carbocycles. The summed E-state index contributed by atoms with van der Waals surface area (Å²) in [5.74, 6) is 1.82. The third kappa shape index (κ3) is 3.58. The van der Waals surface area contributed by atoms with Crippen LogP contribution in [0.4, 0.5) is 0 Å². The van der Waals surface area contributed by atoms with Crippen LogP contribution in [0.1, 0.15) is 37.8 Å². The second-order valence-electron chi connectivity index (χ2n) is 5.02. The molecule has 0 saturated heterocycles. The van der Waals surface area contributed by atoms with Crippen LogP contribution >= 0.6 is 24.2 Å². The molecule has 0 bridgehead atoms. The van der Waals surface area contributed by atoms with Crippen molar-refractivity contribution in [2.24, 2.45) is 5.41 Å². The summed E-state index contributed by atoms with van der Waals surface area (Å²) in [7, 11) is 0. The first-order chi connectivity index (χ1) is 8.48. The minimum absolute atomic E-state index is 0.168. The van der Waals surface area contributed by atoms with E-state index in [1.807, 2.05) is 26.0 Å². The van der Waals surface area contributed by atoms with Crippen molar-refractivity contribution < 1.29 is 4.74 Å². The number of rotatable bonds is 6. The Labute approximate surface area is 121 Å². The van der Waals surface area contributed by atoms with Crippen LogP contribution in [0.2, 0.25) is 5.02 Å². The lowest BCUT2D eigenvalue weighted by molar-refractivity contribution is 0.155. The van der Waals surface area contributed by atoms with E-state index in [-0.39, 0.29) is 5.41 Å². The predicted octanol–water partition coefficient (Wildman–Crippen LogP) is 5.07. The zero-order chi connectivity index (χ0) is 13.8. The fraction of sp³-hybridized carbons (Fsp3) is 0.600. The molecule has 1 aromatic rings. The summed E-state index contributed by atoms with van der Waals surface area (Å²) in [5.41, 5.74) is 2.36. The molecule has 0 unspecified atom stereocenters. The van der Waals surface area contributed by atoms with Crippen molar-refractivity contribution in [3.63, 3.8) is 0 Å². The maximum Gasteiger partial charge on any atom is 0.125 e. The maximum absolute atomic E-state index is 6.05. The van der Waals surface area contributed by atoms with Gasteiger partial charge in [-0.2, -0.15) is 12.6 Å². The lowest BCUT2D eigenvalue weighted by Gasteiger charge is -2.30. The van der Waals surface area contributed by atoms with Gasteiger partial charge in [0.2, 0.25) is 0 Å². The Kier molecular flexibility index (Phi) is 5.87. The average Bonchev–Trinajstić information content (AvgIpc) is 2.33. The molecular weight excluding hydrogens is 264 g/mol. The summed E-state index contributed by atoms with van der Waals surface area (Å²) in [6.07, 6.45) is 2.16. The van der Waals surface area contributed by atoms with E-state index in [0.717, 1.165) is 40.5 Å². The van der Waals surface area contributed by atoms with E-state index in [1.165, 1.54) is 0 Å². The predicted molar refractivity (Wildman–Crippen MR) is 83.3 cm³/mol. The molecule has 102 valence electrons. The Morgan fingerprint density at radius 3 is 2.06 bits per heavy atom. The highest BCUT2D eigenvalue weighted by molar-refractivity contribution is 7.80. The molecule has 0 atom stereocenters. The van der Waals surface area contributed by atoms with Crippen LogP contribution in [0, 0.1) is 19.3 Å². The zero-order valence-electron chi connectivity index (χ0n) is 11.7. The van der Waals surface area contributed by atoms with E-state index in [0.29, 0.717) is 6.61 Å². The molecule has 0 fully saturated rings. The fourth-order valence-corrected chi connectivity index (χ4v) is 2.94. The summed E-state index contributed by atoms with van der Waals surface area (Å²) in [4.78, 5) is 0. The SMILES string of the molecule is CCC(CC)(CS)COc1c(C)cc(Cl)cc1C. The fourth-order valence-electron chi connectivity index (χ4n) is 2.07.